The number of ether oxygens (including phenoxy) is 5. The van der Waals surface area contributed by atoms with E-state index in [1.165, 1.54) is 51.7 Å². The lowest BCUT2D eigenvalue weighted by molar-refractivity contribution is -0.132. The van der Waals surface area contributed by atoms with E-state index in [1.54, 1.807) is 35.2 Å². The minimum absolute atomic E-state index is 0.00194. The van der Waals surface area contributed by atoms with E-state index in [9.17, 15) is 13.2 Å². The summed E-state index contributed by atoms with van der Waals surface area (Å²) in [4.78, 5) is 35.6. The molecular formula is C37H46N4O9S. The fourth-order valence-corrected chi connectivity index (χ4v) is 8.75. The Hall–Kier alpha value is -4.53. The first kappa shape index (κ1) is 36.3. The third-order valence-corrected chi connectivity index (χ3v) is 11.6. The zero-order valence-corrected chi connectivity index (χ0v) is 30.8. The van der Waals surface area contributed by atoms with E-state index >= 15 is 4.79 Å². The van der Waals surface area contributed by atoms with E-state index in [0.29, 0.717) is 48.0 Å². The highest BCUT2D eigenvalue weighted by molar-refractivity contribution is 7.93. The van der Waals surface area contributed by atoms with Crippen molar-refractivity contribution < 1.29 is 41.7 Å². The van der Waals surface area contributed by atoms with Gasteiger partial charge in [-0.1, -0.05) is 18.2 Å². The van der Waals surface area contributed by atoms with Gasteiger partial charge in [-0.15, -0.1) is 0 Å². The van der Waals surface area contributed by atoms with Crippen LogP contribution in [0.15, 0.2) is 65.6 Å². The molecular weight excluding hydrogens is 676 g/mol. The monoisotopic (exact) mass is 722 g/mol. The molecule has 0 N–H and O–H groups in total. The van der Waals surface area contributed by atoms with Gasteiger partial charge in [0.05, 0.1) is 38.7 Å². The number of piperazine rings is 1. The zero-order chi connectivity index (χ0) is 36.5. The Bertz CT molecular complexity index is 1870. The van der Waals surface area contributed by atoms with E-state index in [2.05, 4.69) is 16.8 Å². The first-order valence-corrected chi connectivity index (χ1v) is 18.6. The molecule has 6 rings (SSSR count). The number of hydrogen-bond donors (Lipinski definition) is 0. The maximum Gasteiger partial charge on any atom is 0.411 e. The van der Waals surface area contributed by atoms with Gasteiger partial charge in [-0.25, -0.2) is 13.2 Å². The predicted octanol–water partition coefficient (Wildman–Crippen LogP) is 4.33. The number of piperidine rings is 1. The van der Waals surface area contributed by atoms with Crippen molar-refractivity contribution in [1.29, 1.82) is 0 Å². The predicted molar refractivity (Wildman–Crippen MR) is 190 cm³/mol. The van der Waals surface area contributed by atoms with Gasteiger partial charge in [-0.3, -0.25) is 9.69 Å². The Morgan fingerprint density at radius 3 is 2.10 bits per heavy atom. The van der Waals surface area contributed by atoms with E-state index in [4.69, 9.17) is 23.7 Å². The number of fused-ring (bicyclic) bond motifs is 1. The van der Waals surface area contributed by atoms with Gasteiger partial charge in [0.15, 0.2) is 0 Å². The Kier molecular flexibility index (Phi) is 10.4. The summed E-state index contributed by atoms with van der Waals surface area (Å²) in [7, 11) is 1.69. The van der Waals surface area contributed by atoms with Crippen molar-refractivity contribution >= 4 is 27.7 Å². The van der Waals surface area contributed by atoms with Crippen LogP contribution in [0.5, 0.6) is 23.0 Å². The lowest BCUT2D eigenvalue weighted by Crippen LogP contribution is -2.55. The fourth-order valence-electron chi connectivity index (χ4n) is 7.15. The molecule has 1 unspecified atom stereocenters. The average molecular weight is 723 g/mol. The smallest absolute Gasteiger partial charge is 0.411 e. The second-order valence-corrected chi connectivity index (χ2v) is 15.0. The van der Waals surface area contributed by atoms with E-state index in [1.807, 2.05) is 13.8 Å². The lowest BCUT2D eigenvalue weighted by Gasteiger charge is -2.42. The van der Waals surface area contributed by atoms with E-state index < -0.39 is 27.6 Å². The molecule has 3 aromatic carbocycles. The van der Waals surface area contributed by atoms with Gasteiger partial charge in [-0.05, 0) is 83.2 Å². The molecule has 3 aliphatic heterocycles. The van der Waals surface area contributed by atoms with Gasteiger partial charge < -0.3 is 33.5 Å². The molecule has 51 heavy (non-hydrogen) atoms. The molecule has 3 aliphatic rings. The highest BCUT2D eigenvalue weighted by Gasteiger charge is 2.61. The fraction of sp³-hybridized carbons (Fsp3) is 0.459. The second-order valence-electron chi connectivity index (χ2n) is 13.2. The van der Waals surface area contributed by atoms with Crippen molar-refractivity contribution in [2.45, 2.75) is 49.3 Å². The molecule has 0 bridgehead atoms. The number of hydrogen-bond acceptors (Lipinski definition) is 11. The largest absolute Gasteiger partial charge is 0.497 e. The molecule has 3 aromatic rings. The molecule has 13 nitrogen and oxygen atoms in total. The number of anilines is 1. The normalized spacial score (nSPS) is 20.3. The first-order chi connectivity index (χ1) is 24.4. The quantitative estimate of drug-likeness (QED) is 0.297. The number of rotatable bonds is 10. The number of likely N-dealkylation sites (tertiary alicyclic amines) is 1. The minimum atomic E-state index is -4.68. The number of benzene rings is 3. The van der Waals surface area contributed by atoms with Crippen LogP contribution in [0, 0.1) is 0 Å². The minimum Gasteiger partial charge on any atom is -0.497 e. The summed E-state index contributed by atoms with van der Waals surface area (Å²) in [6.45, 7) is 7.80. The molecule has 0 radical (unpaired) electrons. The Morgan fingerprint density at radius 2 is 1.45 bits per heavy atom. The SMILES string of the molecule is COc1ccc(S(=O)(=O)N2C(=O)C(OC(=O)N3CCN(C4CCN(C)CC4)CC3)(c3ccccc3OC(C)C)c3cc(OC)ccc32)c(OC)c1. The summed E-state index contributed by atoms with van der Waals surface area (Å²) in [5, 5.41) is 0. The maximum atomic E-state index is 15.2. The van der Waals surface area contributed by atoms with Crippen LogP contribution in [0.1, 0.15) is 37.8 Å². The van der Waals surface area contributed by atoms with Crippen LogP contribution in [0.2, 0.25) is 0 Å². The van der Waals surface area contributed by atoms with Gasteiger partial charge >= 0.3 is 6.09 Å². The molecule has 14 heteroatoms. The van der Waals surface area contributed by atoms with Crippen molar-refractivity contribution in [1.82, 2.24) is 14.7 Å². The first-order valence-electron chi connectivity index (χ1n) is 17.1. The van der Waals surface area contributed by atoms with Crippen LogP contribution in [0.25, 0.3) is 0 Å². The van der Waals surface area contributed by atoms with Crippen molar-refractivity contribution in [2.75, 3.05) is 72.0 Å². The summed E-state index contributed by atoms with van der Waals surface area (Å²) < 4.78 is 59.0. The standard InChI is InChI=1S/C37H46N4O9S/c1-25(2)49-32-10-8-7-9-29(32)37(50-36(43)40-21-19-39(20-22-40)26-15-17-38(3)18-16-26)30-23-27(46-4)11-13-31(30)41(35(37)42)51(44,45)34-14-12-28(47-5)24-33(34)48-6/h7-14,23-26H,15-22H2,1-6H3. The number of carbonyl (C=O) groups is 2. The summed E-state index contributed by atoms with van der Waals surface area (Å²) in [6, 6.07) is 15.9. The average Bonchev–Trinajstić information content (AvgIpc) is 3.38. The number of carbonyl (C=O) groups excluding carboxylic acids is 2. The van der Waals surface area contributed by atoms with Crippen molar-refractivity contribution in [2.24, 2.45) is 0 Å². The number of nitrogens with zero attached hydrogens (tertiary/aromatic N) is 4. The molecule has 1 atom stereocenters. The van der Waals surface area contributed by atoms with Crippen LogP contribution in [-0.2, 0) is 25.2 Å². The van der Waals surface area contributed by atoms with Crippen LogP contribution in [-0.4, -0.2) is 115 Å². The third-order valence-electron chi connectivity index (χ3n) is 9.82. The molecule has 0 saturated carbocycles. The number of sulfonamides is 1. The van der Waals surface area contributed by atoms with Crippen molar-refractivity contribution in [3.05, 3.63) is 71.8 Å². The van der Waals surface area contributed by atoms with Crippen LogP contribution < -0.4 is 23.3 Å². The van der Waals surface area contributed by atoms with Crippen LogP contribution >= 0.6 is 0 Å². The molecule has 3 heterocycles. The molecule has 2 saturated heterocycles. The van der Waals surface area contributed by atoms with Gasteiger partial charge in [0.25, 0.3) is 15.9 Å². The summed E-state index contributed by atoms with van der Waals surface area (Å²) in [5.74, 6) is -0.0878. The molecule has 2 fully saturated rings. The molecule has 0 spiro atoms. The van der Waals surface area contributed by atoms with Gasteiger partial charge in [0.1, 0.15) is 27.9 Å². The summed E-state index contributed by atoms with van der Waals surface area (Å²) in [6.07, 6.45) is 1.05. The van der Waals surface area contributed by atoms with Crippen LogP contribution in [0.4, 0.5) is 10.5 Å². The topological polar surface area (TPSA) is 127 Å². The number of methoxy groups -OCH3 is 3. The van der Waals surface area contributed by atoms with Crippen molar-refractivity contribution in [3.8, 4) is 23.0 Å². The molecule has 2 amide bonds. The molecule has 274 valence electrons. The van der Waals surface area contributed by atoms with Gasteiger partial charge in [0, 0.05) is 43.9 Å². The third kappa shape index (κ3) is 6.67. The second kappa shape index (κ2) is 14.6. The Morgan fingerprint density at radius 1 is 0.804 bits per heavy atom. The van der Waals surface area contributed by atoms with Crippen molar-refractivity contribution in [3.63, 3.8) is 0 Å². The van der Waals surface area contributed by atoms with E-state index in [-0.39, 0.29) is 39.3 Å². The number of para-hydroxylation sites is 1. The van der Waals surface area contributed by atoms with Gasteiger partial charge in [-0.2, -0.15) is 4.31 Å². The Labute approximate surface area is 299 Å². The van der Waals surface area contributed by atoms with Gasteiger partial charge in [0.2, 0.25) is 5.60 Å². The van der Waals surface area contributed by atoms with E-state index in [0.717, 1.165) is 25.9 Å². The highest BCUT2D eigenvalue weighted by Crippen LogP contribution is 2.53. The summed E-state index contributed by atoms with van der Waals surface area (Å²) in [5.41, 5.74) is -1.99. The zero-order valence-electron chi connectivity index (χ0n) is 30.0. The lowest BCUT2D eigenvalue weighted by atomic mass is 9.86. The van der Waals surface area contributed by atoms with Crippen LogP contribution in [0.3, 0.4) is 0 Å². The highest BCUT2D eigenvalue weighted by atomic mass is 32.2. The molecule has 0 aromatic heterocycles. The number of amides is 2. The summed E-state index contributed by atoms with van der Waals surface area (Å²) >= 11 is 0. The maximum absolute atomic E-state index is 15.2. The molecule has 0 aliphatic carbocycles. The Balaban J connectivity index is 1.46.